The molecule has 2 rings (SSSR count). The smallest absolute Gasteiger partial charge is 0.326 e. The van der Waals surface area contributed by atoms with E-state index in [9.17, 15) is 9.59 Å². The fourth-order valence-corrected chi connectivity index (χ4v) is 2.67. The average Bonchev–Trinajstić information content (AvgIpc) is 2.63. The van der Waals surface area contributed by atoms with Gasteiger partial charge in [-0.3, -0.25) is 4.79 Å². The lowest BCUT2D eigenvalue weighted by molar-refractivity contribution is -0.152. The second kappa shape index (κ2) is 3.81. The van der Waals surface area contributed by atoms with Crippen molar-refractivity contribution in [1.29, 1.82) is 0 Å². The zero-order valence-electron chi connectivity index (χ0n) is 8.77. The fourth-order valence-electron chi connectivity index (χ4n) is 2.67. The van der Waals surface area contributed by atoms with Crippen molar-refractivity contribution in [2.45, 2.75) is 43.8 Å². The number of carbonyl (C=O) groups is 2. The third-order valence-corrected chi connectivity index (χ3v) is 3.48. The van der Waals surface area contributed by atoms with Crippen molar-refractivity contribution in [3.05, 3.63) is 0 Å². The number of amides is 1. The molecule has 0 aliphatic carbocycles. The van der Waals surface area contributed by atoms with E-state index in [0.717, 1.165) is 19.3 Å². The van der Waals surface area contributed by atoms with E-state index in [-0.39, 0.29) is 18.0 Å². The predicted molar refractivity (Wildman–Crippen MR) is 53.4 cm³/mol. The lowest BCUT2D eigenvalue weighted by Gasteiger charge is -2.36. The van der Waals surface area contributed by atoms with Gasteiger partial charge in [-0.25, -0.2) is 4.79 Å². The molecule has 0 saturated carbocycles. The van der Waals surface area contributed by atoms with E-state index in [4.69, 9.17) is 5.11 Å². The van der Waals surface area contributed by atoms with Crippen LogP contribution < -0.4 is 5.32 Å². The molecule has 2 aliphatic heterocycles. The summed E-state index contributed by atoms with van der Waals surface area (Å²) in [6, 6.07) is -0.636. The quantitative estimate of drug-likeness (QED) is 0.665. The molecule has 2 fully saturated rings. The van der Waals surface area contributed by atoms with Gasteiger partial charge in [0.05, 0.1) is 6.04 Å². The number of piperidine rings is 1. The number of carboxylic acid groups (broad SMARTS) is 1. The van der Waals surface area contributed by atoms with Crippen molar-refractivity contribution in [1.82, 2.24) is 10.2 Å². The van der Waals surface area contributed by atoms with Crippen molar-refractivity contribution in [3.8, 4) is 0 Å². The van der Waals surface area contributed by atoms with Crippen molar-refractivity contribution in [2.75, 3.05) is 7.05 Å². The first-order valence-corrected chi connectivity index (χ1v) is 5.37. The second-order valence-electron chi connectivity index (χ2n) is 4.25. The van der Waals surface area contributed by atoms with Crippen molar-refractivity contribution in [3.63, 3.8) is 0 Å². The molecule has 2 aliphatic rings. The molecule has 0 bridgehead atoms. The maximum Gasteiger partial charge on any atom is 0.326 e. The first-order chi connectivity index (χ1) is 7.15. The fraction of sp³-hybridized carbons (Fsp3) is 0.800. The van der Waals surface area contributed by atoms with Gasteiger partial charge in [0, 0.05) is 6.04 Å². The molecule has 0 spiro atoms. The van der Waals surface area contributed by atoms with Crippen LogP contribution in [0.2, 0.25) is 0 Å². The third kappa shape index (κ3) is 1.61. The maximum atomic E-state index is 12.0. The molecular weight excluding hydrogens is 196 g/mol. The molecule has 0 aromatic rings. The Morgan fingerprint density at radius 3 is 2.67 bits per heavy atom. The summed E-state index contributed by atoms with van der Waals surface area (Å²) in [5.41, 5.74) is 0. The van der Waals surface area contributed by atoms with Gasteiger partial charge in [-0.1, -0.05) is 0 Å². The summed E-state index contributed by atoms with van der Waals surface area (Å²) < 4.78 is 0. The van der Waals surface area contributed by atoms with Gasteiger partial charge in [0.25, 0.3) is 0 Å². The van der Waals surface area contributed by atoms with Crippen LogP contribution in [-0.2, 0) is 9.59 Å². The van der Waals surface area contributed by atoms with Gasteiger partial charge in [0.15, 0.2) is 0 Å². The molecule has 2 heterocycles. The summed E-state index contributed by atoms with van der Waals surface area (Å²) >= 11 is 0. The number of hydrogen-bond donors (Lipinski definition) is 2. The van der Waals surface area contributed by atoms with E-state index < -0.39 is 12.0 Å². The first kappa shape index (κ1) is 10.4. The van der Waals surface area contributed by atoms with E-state index in [2.05, 4.69) is 5.32 Å². The van der Waals surface area contributed by atoms with Crippen LogP contribution in [0.5, 0.6) is 0 Å². The molecular formula is C10H16N2O3. The van der Waals surface area contributed by atoms with E-state index in [1.165, 1.54) is 0 Å². The second-order valence-corrected chi connectivity index (χ2v) is 4.25. The molecule has 0 radical (unpaired) electrons. The molecule has 84 valence electrons. The van der Waals surface area contributed by atoms with Gasteiger partial charge in [-0.05, 0) is 32.7 Å². The van der Waals surface area contributed by atoms with E-state index >= 15 is 0 Å². The van der Waals surface area contributed by atoms with E-state index in [1.54, 1.807) is 11.9 Å². The van der Waals surface area contributed by atoms with Crippen LogP contribution in [0.25, 0.3) is 0 Å². The molecule has 1 amide bonds. The Bertz CT molecular complexity index is 292. The van der Waals surface area contributed by atoms with Gasteiger partial charge in [0.1, 0.15) is 6.04 Å². The first-order valence-electron chi connectivity index (χ1n) is 5.37. The lowest BCUT2D eigenvalue weighted by atomic mass is 9.98. The molecule has 15 heavy (non-hydrogen) atoms. The number of likely N-dealkylation sites (N-methyl/N-ethyl adjacent to an activating group) is 1. The standard InChI is InChI=1S/C10H16N2O3/c1-11-7-4-2-6-3-5-8(10(14)15)12(6)9(7)13/h6-8,11H,2-5H2,1H3,(H,14,15)/t6-,7-,8-/m0/s1. The van der Waals surface area contributed by atoms with Crippen LogP contribution in [-0.4, -0.2) is 47.1 Å². The molecule has 0 aromatic heterocycles. The Balaban J connectivity index is 2.18. The number of fused-ring (bicyclic) bond motifs is 1. The minimum absolute atomic E-state index is 0.0429. The summed E-state index contributed by atoms with van der Waals surface area (Å²) in [5, 5.41) is 12.0. The molecule has 0 aromatic carbocycles. The highest BCUT2D eigenvalue weighted by molar-refractivity contribution is 5.88. The van der Waals surface area contributed by atoms with Gasteiger partial charge < -0.3 is 15.3 Å². The summed E-state index contributed by atoms with van der Waals surface area (Å²) in [6.07, 6.45) is 3.17. The summed E-state index contributed by atoms with van der Waals surface area (Å²) in [6.45, 7) is 0. The van der Waals surface area contributed by atoms with Crippen LogP contribution >= 0.6 is 0 Å². The molecule has 3 atom stereocenters. The minimum atomic E-state index is -0.873. The summed E-state index contributed by atoms with van der Waals surface area (Å²) in [4.78, 5) is 24.5. The number of aliphatic carboxylic acids is 1. The van der Waals surface area contributed by atoms with Gasteiger partial charge in [-0.15, -0.1) is 0 Å². The number of nitrogens with zero attached hydrogens (tertiary/aromatic N) is 1. The highest BCUT2D eigenvalue weighted by atomic mass is 16.4. The Morgan fingerprint density at radius 2 is 2.07 bits per heavy atom. The van der Waals surface area contributed by atoms with Gasteiger partial charge >= 0.3 is 5.97 Å². The monoisotopic (exact) mass is 212 g/mol. The van der Waals surface area contributed by atoms with Crippen molar-refractivity contribution in [2.24, 2.45) is 0 Å². The Morgan fingerprint density at radius 1 is 1.40 bits per heavy atom. The predicted octanol–water partition coefficient (Wildman–Crippen LogP) is -0.188. The van der Waals surface area contributed by atoms with Gasteiger partial charge in [0.2, 0.25) is 5.91 Å². The molecule has 0 unspecified atom stereocenters. The average molecular weight is 212 g/mol. The molecule has 5 nitrogen and oxygen atoms in total. The largest absolute Gasteiger partial charge is 0.480 e. The number of carboxylic acids is 1. The topological polar surface area (TPSA) is 69.6 Å². The zero-order valence-corrected chi connectivity index (χ0v) is 8.77. The molecule has 5 heteroatoms. The SMILES string of the molecule is CN[C@H]1CC[C@H]2CC[C@@H](C(=O)O)N2C1=O. The number of carbonyl (C=O) groups excluding carboxylic acids is 1. The zero-order chi connectivity index (χ0) is 11.0. The van der Waals surface area contributed by atoms with Crippen LogP contribution in [0.15, 0.2) is 0 Å². The Labute approximate surface area is 88.4 Å². The minimum Gasteiger partial charge on any atom is -0.480 e. The maximum absolute atomic E-state index is 12.0. The van der Waals surface area contributed by atoms with Crippen LogP contribution in [0.4, 0.5) is 0 Å². The normalized spacial score (nSPS) is 35.4. The number of hydrogen-bond acceptors (Lipinski definition) is 3. The summed E-state index contributed by atoms with van der Waals surface area (Å²) in [7, 11) is 1.74. The lowest BCUT2D eigenvalue weighted by Crippen LogP contribution is -2.55. The van der Waals surface area contributed by atoms with Crippen molar-refractivity contribution >= 4 is 11.9 Å². The molecule has 2 saturated heterocycles. The third-order valence-electron chi connectivity index (χ3n) is 3.48. The van der Waals surface area contributed by atoms with E-state index in [1.807, 2.05) is 0 Å². The Hall–Kier alpha value is -1.10. The van der Waals surface area contributed by atoms with E-state index in [0.29, 0.717) is 6.42 Å². The molecule has 2 N–H and O–H groups in total. The number of rotatable bonds is 2. The highest BCUT2D eigenvalue weighted by Gasteiger charge is 2.45. The number of nitrogens with one attached hydrogen (secondary N) is 1. The Kier molecular flexibility index (Phi) is 2.65. The van der Waals surface area contributed by atoms with Crippen LogP contribution in [0, 0.1) is 0 Å². The van der Waals surface area contributed by atoms with Crippen LogP contribution in [0.1, 0.15) is 25.7 Å². The highest BCUT2D eigenvalue weighted by Crippen LogP contribution is 2.32. The van der Waals surface area contributed by atoms with Crippen molar-refractivity contribution < 1.29 is 14.7 Å². The van der Waals surface area contributed by atoms with Gasteiger partial charge in [-0.2, -0.15) is 0 Å². The van der Waals surface area contributed by atoms with Crippen LogP contribution in [0.3, 0.4) is 0 Å². The summed E-state index contributed by atoms with van der Waals surface area (Å²) in [5.74, 6) is -0.916.